The summed E-state index contributed by atoms with van der Waals surface area (Å²) >= 11 is 12.4. The van der Waals surface area contributed by atoms with Gasteiger partial charge in [-0.25, -0.2) is 13.6 Å². The Hall–Kier alpha value is -3.79. The number of esters is 1. The fraction of sp³-hybridized carbons (Fsp3) is 0.500. The number of nitriles is 1. The lowest BCUT2D eigenvalue weighted by Crippen LogP contribution is -2.45. The minimum atomic E-state index is -1.80. The van der Waals surface area contributed by atoms with E-state index in [0.717, 1.165) is 6.07 Å². The largest absolute Gasteiger partial charge is 0.495 e. The molecular formula is C42H51Cl2F2N3O6. The molecule has 1 amide bonds. The van der Waals surface area contributed by atoms with Crippen LogP contribution in [0.4, 0.5) is 14.5 Å². The molecule has 0 aromatic heterocycles. The number of rotatable bonds is 15. The van der Waals surface area contributed by atoms with Crippen LogP contribution in [0.25, 0.3) is 0 Å². The van der Waals surface area contributed by atoms with Crippen LogP contribution in [0.1, 0.15) is 95.1 Å². The molecule has 4 rings (SSSR count). The molecule has 3 aromatic rings. The fourth-order valence-electron chi connectivity index (χ4n) is 7.04. The van der Waals surface area contributed by atoms with Gasteiger partial charge in [-0.3, -0.25) is 4.79 Å². The van der Waals surface area contributed by atoms with Gasteiger partial charge in [0, 0.05) is 42.7 Å². The lowest BCUT2D eigenvalue weighted by Gasteiger charge is -2.37. The molecule has 13 heteroatoms. The highest BCUT2D eigenvalue weighted by Crippen LogP contribution is 2.53. The summed E-state index contributed by atoms with van der Waals surface area (Å²) < 4.78 is 54.7. The summed E-state index contributed by atoms with van der Waals surface area (Å²) in [5, 5.41) is 17.2. The number of amides is 1. The van der Waals surface area contributed by atoms with Gasteiger partial charge in [0.1, 0.15) is 28.4 Å². The molecule has 298 valence electrons. The van der Waals surface area contributed by atoms with Crippen molar-refractivity contribution in [3.63, 3.8) is 0 Å². The van der Waals surface area contributed by atoms with Crippen molar-refractivity contribution in [2.75, 3.05) is 32.8 Å². The lowest BCUT2D eigenvalue weighted by molar-refractivity contribution is -0.118. The molecule has 0 bridgehead atoms. The Kier molecular flexibility index (Phi) is 14.0. The molecular weight excluding hydrogens is 751 g/mol. The van der Waals surface area contributed by atoms with Gasteiger partial charge in [0.05, 0.1) is 47.7 Å². The van der Waals surface area contributed by atoms with E-state index in [9.17, 15) is 14.9 Å². The molecule has 2 unspecified atom stereocenters. The molecule has 0 aliphatic carbocycles. The van der Waals surface area contributed by atoms with E-state index in [0.29, 0.717) is 32.5 Å². The molecule has 4 atom stereocenters. The normalized spacial score (nSPS) is 20.2. The Morgan fingerprint density at radius 1 is 0.945 bits per heavy atom. The molecule has 1 aliphatic heterocycles. The van der Waals surface area contributed by atoms with E-state index in [1.165, 1.54) is 55.6 Å². The third-order valence-electron chi connectivity index (χ3n) is 9.90. The molecule has 1 fully saturated rings. The van der Waals surface area contributed by atoms with Gasteiger partial charge in [-0.1, -0.05) is 62.2 Å². The van der Waals surface area contributed by atoms with E-state index in [-0.39, 0.29) is 38.2 Å². The highest BCUT2D eigenvalue weighted by molar-refractivity contribution is 6.31. The molecule has 0 spiro atoms. The van der Waals surface area contributed by atoms with Gasteiger partial charge in [-0.2, -0.15) is 5.26 Å². The van der Waals surface area contributed by atoms with E-state index >= 15 is 8.78 Å². The number of hydrogen-bond donors (Lipinski definition) is 2. The highest BCUT2D eigenvalue weighted by Gasteiger charge is 2.61. The number of carbonyl (C=O) groups is 2. The first-order chi connectivity index (χ1) is 25.7. The van der Waals surface area contributed by atoms with Crippen molar-refractivity contribution in [3.05, 3.63) is 93.0 Å². The summed E-state index contributed by atoms with van der Waals surface area (Å²) in [5.41, 5.74) is -3.19. The zero-order chi connectivity index (χ0) is 40.9. The summed E-state index contributed by atoms with van der Waals surface area (Å²) in [7, 11) is 3.02. The summed E-state index contributed by atoms with van der Waals surface area (Å²) in [5.74, 6) is -3.98. The SMILES string of the molecule is COCCC(C)(C)OCCC(C)(C)OC(=O)c1ccc(NC(=O)[C@@H]2NC(CC(C)(C)C)[C@](C#N)(c3ccc(Cl)cc3F)C2c2cccc(Cl)c2F)c(OC)c1. The van der Waals surface area contributed by atoms with Crippen LogP contribution in [0.5, 0.6) is 5.75 Å². The van der Waals surface area contributed by atoms with Gasteiger partial charge in [0.2, 0.25) is 5.91 Å². The van der Waals surface area contributed by atoms with Crippen molar-refractivity contribution >= 4 is 40.8 Å². The van der Waals surface area contributed by atoms with Gasteiger partial charge in [0.25, 0.3) is 0 Å². The Labute approximate surface area is 333 Å². The third-order valence-corrected chi connectivity index (χ3v) is 10.4. The maximum absolute atomic E-state index is 16.1. The van der Waals surface area contributed by atoms with Gasteiger partial charge in [-0.15, -0.1) is 0 Å². The van der Waals surface area contributed by atoms with Crippen molar-refractivity contribution in [2.45, 2.75) is 102 Å². The molecule has 1 aliphatic rings. The van der Waals surface area contributed by atoms with Crippen LogP contribution in [-0.4, -0.2) is 62.6 Å². The van der Waals surface area contributed by atoms with E-state index in [4.69, 9.17) is 42.1 Å². The van der Waals surface area contributed by atoms with Gasteiger partial charge < -0.3 is 29.6 Å². The Morgan fingerprint density at radius 3 is 2.25 bits per heavy atom. The number of halogens is 4. The molecule has 3 aromatic carbocycles. The summed E-state index contributed by atoms with van der Waals surface area (Å²) in [6.45, 7) is 14.3. The number of benzene rings is 3. The number of ether oxygens (including phenoxy) is 4. The first kappa shape index (κ1) is 43.9. The third kappa shape index (κ3) is 10.3. The van der Waals surface area contributed by atoms with E-state index in [1.54, 1.807) is 21.0 Å². The topological polar surface area (TPSA) is 119 Å². The number of nitrogens with zero attached hydrogens (tertiary/aromatic N) is 1. The first-order valence-corrected chi connectivity index (χ1v) is 18.9. The molecule has 1 saturated heterocycles. The first-order valence-electron chi connectivity index (χ1n) is 18.1. The van der Waals surface area contributed by atoms with Crippen molar-refractivity contribution in [3.8, 4) is 11.8 Å². The van der Waals surface area contributed by atoms with Crippen LogP contribution in [0, 0.1) is 28.4 Å². The maximum atomic E-state index is 16.1. The predicted octanol–water partition coefficient (Wildman–Crippen LogP) is 9.40. The molecule has 0 radical (unpaired) electrons. The highest BCUT2D eigenvalue weighted by atomic mass is 35.5. The van der Waals surface area contributed by atoms with Crippen LogP contribution < -0.4 is 15.4 Å². The van der Waals surface area contributed by atoms with E-state index in [2.05, 4.69) is 16.7 Å². The van der Waals surface area contributed by atoms with Crippen LogP contribution in [0.3, 0.4) is 0 Å². The minimum Gasteiger partial charge on any atom is -0.495 e. The predicted molar refractivity (Wildman–Crippen MR) is 210 cm³/mol. The number of carbonyl (C=O) groups excluding carboxylic acids is 2. The van der Waals surface area contributed by atoms with Gasteiger partial charge in [-0.05, 0) is 87.9 Å². The smallest absolute Gasteiger partial charge is 0.338 e. The number of methoxy groups -OCH3 is 2. The Balaban J connectivity index is 1.68. The molecule has 2 N–H and O–H groups in total. The summed E-state index contributed by atoms with van der Waals surface area (Å²) in [6.07, 6.45) is 1.45. The van der Waals surface area contributed by atoms with Crippen LogP contribution in [0.15, 0.2) is 54.6 Å². The molecule has 9 nitrogen and oxygen atoms in total. The number of hydrogen-bond acceptors (Lipinski definition) is 8. The second-order valence-corrected chi connectivity index (χ2v) is 17.2. The van der Waals surface area contributed by atoms with Crippen molar-refractivity contribution in [2.24, 2.45) is 5.41 Å². The van der Waals surface area contributed by atoms with Crippen molar-refractivity contribution < 1.29 is 37.3 Å². The number of anilines is 1. The van der Waals surface area contributed by atoms with Crippen molar-refractivity contribution in [1.82, 2.24) is 5.32 Å². The van der Waals surface area contributed by atoms with Crippen LogP contribution >= 0.6 is 23.2 Å². The standard InChI is InChI=1S/C42H51Cl2F2N3O6/c1-39(2,3)23-33-42(24-47,28-15-14-26(43)22-30(28)45)34(27-11-10-12-29(44)35(27)46)36(49-33)37(50)48-31-16-13-25(21-32(31)53-9)38(51)55-41(6,7)18-20-54-40(4,5)17-19-52-8/h10-16,21-22,33-34,36,49H,17-20,23H2,1-9H3,(H,48,50)/t33?,34?,36-,42+/m1/s1. The average molecular weight is 803 g/mol. The fourth-order valence-corrected chi connectivity index (χ4v) is 7.38. The second-order valence-electron chi connectivity index (χ2n) is 16.3. The molecule has 55 heavy (non-hydrogen) atoms. The van der Waals surface area contributed by atoms with Gasteiger partial charge in [0.15, 0.2) is 0 Å². The van der Waals surface area contributed by atoms with Crippen molar-refractivity contribution in [1.29, 1.82) is 5.26 Å². The van der Waals surface area contributed by atoms with Crippen LogP contribution in [-0.2, 0) is 24.4 Å². The Bertz CT molecular complexity index is 1910. The lowest BCUT2D eigenvalue weighted by atomic mass is 9.62. The molecule has 0 saturated carbocycles. The number of nitrogens with one attached hydrogen (secondary N) is 2. The quantitative estimate of drug-likeness (QED) is 0.146. The second kappa shape index (κ2) is 17.6. The zero-order valence-corrected chi connectivity index (χ0v) is 34.4. The van der Waals surface area contributed by atoms with Gasteiger partial charge >= 0.3 is 5.97 Å². The zero-order valence-electron chi connectivity index (χ0n) is 32.9. The summed E-state index contributed by atoms with van der Waals surface area (Å²) in [4.78, 5) is 27.8. The minimum absolute atomic E-state index is 0.0365. The average Bonchev–Trinajstić information content (AvgIpc) is 3.41. The van der Waals surface area contributed by atoms with Crippen LogP contribution in [0.2, 0.25) is 10.0 Å². The maximum Gasteiger partial charge on any atom is 0.338 e. The summed E-state index contributed by atoms with van der Waals surface area (Å²) in [6, 6.07) is 13.0. The van der Waals surface area contributed by atoms with E-state index < -0.39 is 63.5 Å². The monoisotopic (exact) mass is 801 g/mol. The van der Waals surface area contributed by atoms with E-state index in [1.807, 2.05) is 34.6 Å². The Morgan fingerprint density at radius 2 is 1.64 bits per heavy atom. The molecule has 1 heterocycles.